The van der Waals surface area contributed by atoms with Gasteiger partial charge in [0.1, 0.15) is 6.04 Å². The van der Waals surface area contributed by atoms with Gasteiger partial charge in [-0.1, -0.05) is 29.8 Å². The van der Waals surface area contributed by atoms with E-state index in [1.54, 1.807) is 11.3 Å². The molecule has 0 saturated carbocycles. The molecule has 0 aliphatic carbocycles. The van der Waals surface area contributed by atoms with Crippen LogP contribution in [0.15, 0.2) is 24.3 Å². The van der Waals surface area contributed by atoms with Gasteiger partial charge in [-0.3, -0.25) is 4.79 Å². The van der Waals surface area contributed by atoms with Gasteiger partial charge in [-0.15, -0.1) is 11.3 Å². The van der Waals surface area contributed by atoms with E-state index in [1.807, 2.05) is 45.0 Å². The molecule has 3 N–H and O–H groups in total. The maximum absolute atomic E-state index is 12.1. The van der Waals surface area contributed by atoms with Crippen LogP contribution in [0.1, 0.15) is 32.7 Å². The van der Waals surface area contributed by atoms with Gasteiger partial charge in [0.15, 0.2) is 0 Å². The number of carbonyl (C=O) groups is 1. The van der Waals surface area contributed by atoms with Crippen LogP contribution < -0.4 is 11.1 Å². The normalized spacial score (nSPS) is 12.2. The van der Waals surface area contributed by atoms with Gasteiger partial charge in [0.2, 0.25) is 5.91 Å². The van der Waals surface area contributed by atoms with Gasteiger partial charge in [-0.05, 0) is 26.3 Å². The van der Waals surface area contributed by atoms with Crippen LogP contribution in [0.3, 0.4) is 0 Å². The molecule has 4 nitrogen and oxygen atoms in total. The number of hydrogen-bond acceptors (Lipinski definition) is 4. The quantitative estimate of drug-likeness (QED) is 0.908. The van der Waals surface area contributed by atoms with Crippen LogP contribution in [0.25, 0.3) is 0 Å². The summed E-state index contributed by atoms with van der Waals surface area (Å²) in [4.78, 5) is 17.5. The molecule has 1 unspecified atom stereocenters. The van der Waals surface area contributed by atoms with E-state index in [0.717, 1.165) is 26.7 Å². The Balaban J connectivity index is 1.98. The van der Waals surface area contributed by atoms with Crippen molar-refractivity contribution < 1.29 is 4.79 Å². The molecular formula is C15H19N3OS. The smallest absolute Gasteiger partial charge is 0.241 e. The topological polar surface area (TPSA) is 68.0 Å². The molecule has 5 heteroatoms. The Hall–Kier alpha value is -1.72. The summed E-state index contributed by atoms with van der Waals surface area (Å²) in [6, 6.07) is 7.06. The van der Waals surface area contributed by atoms with Gasteiger partial charge in [0.05, 0.1) is 17.2 Å². The predicted molar refractivity (Wildman–Crippen MR) is 81.5 cm³/mol. The van der Waals surface area contributed by atoms with Crippen LogP contribution in [-0.2, 0) is 11.3 Å². The molecule has 0 fully saturated rings. The van der Waals surface area contributed by atoms with Crippen LogP contribution >= 0.6 is 11.3 Å². The third-order valence-electron chi connectivity index (χ3n) is 3.14. The Kier molecular flexibility index (Phi) is 4.52. The Morgan fingerprint density at radius 2 is 1.95 bits per heavy atom. The zero-order chi connectivity index (χ0) is 14.7. The number of nitrogens with one attached hydrogen (secondary N) is 1. The van der Waals surface area contributed by atoms with E-state index < -0.39 is 6.04 Å². The van der Waals surface area contributed by atoms with E-state index in [4.69, 9.17) is 5.73 Å². The first-order valence-corrected chi connectivity index (χ1v) is 7.32. The van der Waals surface area contributed by atoms with Crippen LogP contribution in [0, 0.1) is 20.8 Å². The summed E-state index contributed by atoms with van der Waals surface area (Å²) >= 11 is 1.60. The Morgan fingerprint density at radius 1 is 1.30 bits per heavy atom. The number of thiazole rings is 1. The maximum atomic E-state index is 12.1. The molecule has 20 heavy (non-hydrogen) atoms. The van der Waals surface area contributed by atoms with E-state index in [0.29, 0.717) is 6.54 Å². The van der Waals surface area contributed by atoms with E-state index in [9.17, 15) is 4.79 Å². The first-order valence-electron chi connectivity index (χ1n) is 6.50. The minimum absolute atomic E-state index is 0.167. The number of amides is 1. The van der Waals surface area contributed by atoms with Crippen molar-refractivity contribution in [3.8, 4) is 0 Å². The van der Waals surface area contributed by atoms with Crippen LogP contribution in [0.2, 0.25) is 0 Å². The fourth-order valence-electron chi connectivity index (χ4n) is 1.94. The molecule has 2 aromatic rings. The zero-order valence-corrected chi connectivity index (χ0v) is 12.8. The number of carbonyl (C=O) groups excluding carboxylic acids is 1. The lowest BCUT2D eigenvalue weighted by Gasteiger charge is -2.12. The monoisotopic (exact) mass is 289 g/mol. The van der Waals surface area contributed by atoms with Crippen LogP contribution in [0.5, 0.6) is 0 Å². The summed E-state index contributed by atoms with van der Waals surface area (Å²) < 4.78 is 0. The minimum Gasteiger partial charge on any atom is -0.349 e. The summed E-state index contributed by atoms with van der Waals surface area (Å²) in [5, 5.41) is 3.88. The summed E-state index contributed by atoms with van der Waals surface area (Å²) in [5.74, 6) is -0.167. The lowest BCUT2D eigenvalue weighted by molar-refractivity contribution is -0.122. The molecule has 1 heterocycles. The maximum Gasteiger partial charge on any atom is 0.241 e. The second-order valence-electron chi connectivity index (χ2n) is 4.85. The predicted octanol–water partition coefficient (Wildman–Crippen LogP) is 2.38. The number of hydrogen-bond donors (Lipinski definition) is 2. The van der Waals surface area contributed by atoms with Crippen molar-refractivity contribution in [2.24, 2.45) is 5.73 Å². The van der Waals surface area contributed by atoms with Gasteiger partial charge in [0.25, 0.3) is 0 Å². The molecule has 0 radical (unpaired) electrons. The molecular weight excluding hydrogens is 270 g/mol. The number of rotatable bonds is 4. The summed E-state index contributed by atoms with van der Waals surface area (Å²) in [5.41, 5.74) is 8.92. The van der Waals surface area contributed by atoms with Gasteiger partial charge < -0.3 is 11.1 Å². The van der Waals surface area contributed by atoms with E-state index in [-0.39, 0.29) is 5.91 Å². The molecule has 0 saturated heterocycles. The molecule has 1 amide bonds. The highest BCUT2D eigenvalue weighted by Crippen LogP contribution is 2.17. The van der Waals surface area contributed by atoms with E-state index in [1.165, 1.54) is 0 Å². The summed E-state index contributed by atoms with van der Waals surface area (Å²) in [7, 11) is 0. The van der Waals surface area contributed by atoms with Crippen molar-refractivity contribution in [2.45, 2.75) is 33.4 Å². The molecule has 1 aromatic carbocycles. The van der Waals surface area contributed by atoms with E-state index in [2.05, 4.69) is 10.3 Å². The van der Waals surface area contributed by atoms with Crippen molar-refractivity contribution in [3.63, 3.8) is 0 Å². The van der Waals surface area contributed by atoms with Gasteiger partial charge in [0, 0.05) is 4.88 Å². The average molecular weight is 289 g/mol. The molecule has 0 spiro atoms. The number of aromatic nitrogens is 1. The molecule has 1 aromatic heterocycles. The average Bonchev–Trinajstić information content (AvgIpc) is 2.74. The lowest BCUT2D eigenvalue weighted by Crippen LogP contribution is -2.33. The van der Waals surface area contributed by atoms with Crippen molar-refractivity contribution in [2.75, 3.05) is 0 Å². The fourth-order valence-corrected chi connectivity index (χ4v) is 2.82. The molecule has 0 aliphatic rings. The Morgan fingerprint density at radius 3 is 2.50 bits per heavy atom. The highest BCUT2D eigenvalue weighted by atomic mass is 32.1. The van der Waals surface area contributed by atoms with E-state index >= 15 is 0 Å². The zero-order valence-electron chi connectivity index (χ0n) is 11.9. The number of nitrogens with two attached hydrogens (primary N) is 1. The third kappa shape index (κ3) is 3.43. The number of benzene rings is 1. The van der Waals surface area contributed by atoms with Crippen molar-refractivity contribution >= 4 is 17.2 Å². The lowest BCUT2D eigenvalue weighted by atomic mass is 10.1. The first kappa shape index (κ1) is 14.7. The molecule has 0 bridgehead atoms. The highest BCUT2D eigenvalue weighted by molar-refractivity contribution is 7.11. The van der Waals surface area contributed by atoms with Crippen LogP contribution in [-0.4, -0.2) is 10.9 Å². The number of aryl methyl sites for hydroxylation is 3. The van der Waals surface area contributed by atoms with Gasteiger partial charge in [-0.2, -0.15) is 0 Å². The van der Waals surface area contributed by atoms with Crippen LogP contribution in [0.4, 0.5) is 0 Å². The molecule has 2 rings (SSSR count). The molecule has 106 valence electrons. The SMILES string of the molecule is Cc1ccc(C(N)C(=O)NCc2sc(C)nc2C)cc1. The highest BCUT2D eigenvalue weighted by Gasteiger charge is 2.16. The summed E-state index contributed by atoms with van der Waals surface area (Å²) in [6.45, 7) is 6.39. The second-order valence-corrected chi connectivity index (χ2v) is 6.14. The third-order valence-corrected chi connectivity index (χ3v) is 4.21. The summed E-state index contributed by atoms with van der Waals surface area (Å²) in [6.07, 6.45) is 0. The fraction of sp³-hybridized carbons (Fsp3) is 0.333. The molecule has 1 atom stereocenters. The first-order chi connectivity index (χ1) is 9.47. The minimum atomic E-state index is -0.634. The number of nitrogens with zero attached hydrogens (tertiary/aromatic N) is 1. The second kappa shape index (κ2) is 6.15. The van der Waals surface area contributed by atoms with Gasteiger partial charge in [-0.25, -0.2) is 4.98 Å². The Labute approximate surface area is 123 Å². The molecule has 0 aliphatic heterocycles. The standard InChI is InChI=1S/C15H19N3OS/c1-9-4-6-12(7-5-9)14(16)15(19)17-8-13-10(2)18-11(3)20-13/h4-7,14H,8,16H2,1-3H3,(H,17,19). The van der Waals surface area contributed by atoms with Crippen molar-refractivity contribution in [1.29, 1.82) is 0 Å². The van der Waals surface area contributed by atoms with Crippen molar-refractivity contribution in [1.82, 2.24) is 10.3 Å². The Bertz CT molecular complexity index is 604. The van der Waals surface area contributed by atoms with Crippen molar-refractivity contribution in [3.05, 3.63) is 51.0 Å². The largest absolute Gasteiger partial charge is 0.349 e. The van der Waals surface area contributed by atoms with Gasteiger partial charge >= 0.3 is 0 Å².